The lowest BCUT2D eigenvalue weighted by atomic mass is 9.36. The highest BCUT2D eigenvalue weighted by Gasteiger charge is 2.69. The summed E-state index contributed by atoms with van der Waals surface area (Å²) in [5.41, 5.74) is 39.4. The van der Waals surface area contributed by atoms with Gasteiger partial charge in [0, 0.05) is 0 Å². The minimum Gasteiger partial charge on any atom is -0.0683 e. The predicted octanol–water partition coefficient (Wildman–Crippen LogP) is 16.0. The largest absolute Gasteiger partial charge is 0.0683 e. The quantitative estimate of drug-likeness (QED) is 0.144. The molecule has 0 amide bonds. The first-order valence-electron chi connectivity index (χ1n) is 22.2. The van der Waals surface area contributed by atoms with Crippen LogP contribution >= 0.6 is 0 Å². The molecule has 0 N–H and O–H groups in total. The molecule has 3 aliphatic rings. The summed E-state index contributed by atoms with van der Waals surface area (Å²) in [6.07, 6.45) is 0. The van der Waals surface area contributed by atoms with Crippen molar-refractivity contribution >= 4 is 0 Å². The van der Waals surface area contributed by atoms with Gasteiger partial charge >= 0.3 is 0 Å². The van der Waals surface area contributed by atoms with Gasteiger partial charge in [0.15, 0.2) is 0 Å². The minimum atomic E-state index is -0.555. The van der Waals surface area contributed by atoms with E-state index in [-0.39, 0.29) is 0 Å². The Kier molecular flexibility index (Phi) is 9.99. The first-order chi connectivity index (χ1) is 27.5. The molecule has 0 radical (unpaired) electrons. The van der Waals surface area contributed by atoms with Crippen molar-refractivity contribution in [2.45, 2.75) is 149 Å². The molecule has 0 aromatic heterocycles. The summed E-state index contributed by atoms with van der Waals surface area (Å²) in [7, 11) is 0. The second-order valence-corrected chi connectivity index (χ2v) is 17.6. The minimum absolute atomic E-state index is 0.555. The van der Waals surface area contributed by atoms with Crippen molar-refractivity contribution in [1.29, 1.82) is 0 Å². The molecule has 6 aromatic rings. The zero-order valence-electron chi connectivity index (χ0n) is 39.6. The van der Waals surface area contributed by atoms with Gasteiger partial charge in [-0.3, -0.25) is 0 Å². The van der Waals surface area contributed by atoms with E-state index in [1.165, 1.54) is 156 Å². The van der Waals surface area contributed by atoms with Crippen LogP contribution < -0.4 is 0 Å². The third kappa shape index (κ3) is 4.48. The van der Waals surface area contributed by atoms with Gasteiger partial charge in [0.1, 0.15) is 0 Å². The van der Waals surface area contributed by atoms with Crippen molar-refractivity contribution in [3.05, 3.63) is 171 Å². The Bertz CT molecular complexity index is 2430. The Morgan fingerprint density at radius 2 is 0.431 bits per heavy atom. The van der Waals surface area contributed by atoms with E-state index in [1.807, 2.05) is 27.7 Å². The van der Waals surface area contributed by atoms with Gasteiger partial charge in [0.25, 0.3) is 0 Å². The summed E-state index contributed by atoms with van der Waals surface area (Å²) in [6, 6.07) is 19.1. The van der Waals surface area contributed by atoms with Gasteiger partial charge in [0.05, 0.1) is 10.8 Å². The molecule has 300 valence electrons. The molecule has 0 atom stereocenters. The van der Waals surface area contributed by atoms with Crippen LogP contribution in [-0.2, 0) is 10.8 Å². The molecule has 0 saturated heterocycles. The first kappa shape index (κ1) is 41.5. The van der Waals surface area contributed by atoms with Crippen LogP contribution in [0.15, 0.2) is 48.5 Å². The van der Waals surface area contributed by atoms with Crippen LogP contribution in [0.4, 0.5) is 0 Å². The second kappa shape index (κ2) is 14.0. The van der Waals surface area contributed by atoms with Gasteiger partial charge in [-0.1, -0.05) is 76.2 Å². The maximum absolute atomic E-state index is 2.53. The Labute approximate surface area is 352 Å². The summed E-state index contributed by atoms with van der Waals surface area (Å²) in [5, 5.41) is 0. The van der Waals surface area contributed by atoms with Crippen molar-refractivity contribution in [2.24, 2.45) is 0 Å². The van der Waals surface area contributed by atoms with Crippen molar-refractivity contribution in [2.75, 3.05) is 0 Å². The van der Waals surface area contributed by atoms with E-state index in [0.717, 1.165) is 0 Å². The zero-order chi connectivity index (χ0) is 42.8. The van der Waals surface area contributed by atoms with Crippen molar-refractivity contribution in [3.63, 3.8) is 0 Å². The topological polar surface area (TPSA) is 0 Å². The Morgan fingerprint density at radius 1 is 0.241 bits per heavy atom. The van der Waals surface area contributed by atoms with Crippen LogP contribution in [-0.4, -0.2) is 0 Å². The van der Waals surface area contributed by atoms with E-state index < -0.39 is 10.8 Å². The smallest absolute Gasteiger partial charge is 0.0653 e. The van der Waals surface area contributed by atoms with Gasteiger partial charge in [-0.25, -0.2) is 0 Å². The monoisotopic (exact) mass is 765 g/mol. The summed E-state index contributed by atoms with van der Waals surface area (Å²) < 4.78 is 0. The number of rotatable bonds is 0. The van der Waals surface area contributed by atoms with Crippen LogP contribution in [0, 0.1) is 111 Å². The van der Waals surface area contributed by atoms with E-state index in [0.29, 0.717) is 0 Å². The molecule has 0 fully saturated rings. The van der Waals surface area contributed by atoms with Gasteiger partial charge in [-0.2, -0.15) is 0 Å². The fourth-order valence-corrected chi connectivity index (χ4v) is 12.4. The average molecular weight is 765 g/mol. The molecule has 0 heteroatoms. The lowest BCUT2D eigenvalue weighted by Gasteiger charge is -2.65. The predicted molar refractivity (Wildman–Crippen MR) is 254 cm³/mol. The highest BCUT2D eigenvalue weighted by molar-refractivity contribution is 6.03. The Morgan fingerprint density at radius 3 is 0.655 bits per heavy atom. The number of fused-ring (bicyclic) bond motifs is 9. The van der Waals surface area contributed by atoms with Crippen LogP contribution in [0.1, 0.15) is 150 Å². The molecular weight excluding hydrogens is 697 g/mol. The average Bonchev–Trinajstić information content (AvgIpc) is 3.25. The Hall–Kier alpha value is -4.68. The molecule has 0 nitrogen and oxygen atoms in total. The molecule has 0 saturated carbocycles. The lowest BCUT2D eigenvalue weighted by molar-refractivity contribution is 0.396. The number of benzene rings is 6. The highest BCUT2D eigenvalue weighted by atomic mass is 14.7. The SMILES string of the molecule is CC.CC.Cc1c(C)c(C)c2c(c1C)-c1c(C)c(C)c(C)c(C)c1C13c4ccccc4-c4ccccc4C21c1c(C)c(C)c(C)c(C)c1-c1c(C)c(C)c(C)c(C)c13. The van der Waals surface area contributed by atoms with Crippen molar-refractivity contribution < 1.29 is 0 Å². The Balaban J connectivity index is 0.00000124. The van der Waals surface area contributed by atoms with Crippen molar-refractivity contribution in [1.82, 2.24) is 0 Å². The first-order valence-corrected chi connectivity index (χ1v) is 22.2. The van der Waals surface area contributed by atoms with Crippen LogP contribution in [0.5, 0.6) is 0 Å². The fraction of sp³-hybridized carbons (Fsp3) is 0.379. The van der Waals surface area contributed by atoms with Gasteiger partial charge in [-0.15, -0.1) is 0 Å². The lowest BCUT2D eigenvalue weighted by Crippen LogP contribution is -2.60. The third-order valence-corrected chi connectivity index (χ3v) is 16.3. The molecule has 3 aliphatic carbocycles. The molecule has 0 aliphatic heterocycles. The molecule has 0 unspecified atom stereocenters. The van der Waals surface area contributed by atoms with Gasteiger partial charge in [0.2, 0.25) is 0 Å². The van der Waals surface area contributed by atoms with E-state index in [2.05, 4.69) is 159 Å². The zero-order valence-corrected chi connectivity index (χ0v) is 39.6. The maximum Gasteiger partial charge on any atom is 0.0653 e. The van der Waals surface area contributed by atoms with E-state index in [1.54, 1.807) is 0 Å². The normalized spacial score (nSPS) is 17.4. The maximum atomic E-state index is 2.53. The molecule has 9 rings (SSSR count). The third-order valence-electron chi connectivity index (χ3n) is 16.3. The van der Waals surface area contributed by atoms with Gasteiger partial charge < -0.3 is 0 Å². The molecule has 0 heterocycles. The number of hydrogen-bond acceptors (Lipinski definition) is 0. The van der Waals surface area contributed by atoms with Crippen LogP contribution in [0.2, 0.25) is 0 Å². The van der Waals surface area contributed by atoms with E-state index >= 15 is 0 Å². The van der Waals surface area contributed by atoms with Crippen LogP contribution in [0.3, 0.4) is 0 Å². The molecule has 0 spiro atoms. The summed E-state index contributed by atoms with van der Waals surface area (Å²) in [6.45, 7) is 46.7. The number of hydrogen-bond donors (Lipinski definition) is 0. The standard InChI is InChI=1S/C54H56.2C2H6/c1-25-29(5)37(13)49-45(33(25)9)46-34(10)26(2)30(6)38(14)50(46)54-44-24-20-18-22-42(44)41-21-17-19-23-43(41)53(49,54)51-39(15)31(7)27(3)35(11)47(51)48-36(12)28(4)32(8)40(16)52(48)54;2*1-2/h17-24H,1-16H3;2*1-2H3. The molecule has 0 bridgehead atoms. The van der Waals surface area contributed by atoms with E-state index in [9.17, 15) is 0 Å². The molecule has 58 heavy (non-hydrogen) atoms. The van der Waals surface area contributed by atoms with E-state index in [4.69, 9.17) is 0 Å². The van der Waals surface area contributed by atoms with Crippen molar-refractivity contribution in [3.8, 4) is 33.4 Å². The second-order valence-electron chi connectivity index (χ2n) is 17.6. The molecule has 6 aromatic carbocycles. The fourth-order valence-electron chi connectivity index (χ4n) is 12.4. The summed E-state index contributed by atoms with van der Waals surface area (Å²) in [4.78, 5) is 0. The van der Waals surface area contributed by atoms with Crippen LogP contribution in [0.25, 0.3) is 33.4 Å². The summed E-state index contributed by atoms with van der Waals surface area (Å²) in [5.74, 6) is 0. The summed E-state index contributed by atoms with van der Waals surface area (Å²) >= 11 is 0. The highest BCUT2D eigenvalue weighted by Crippen LogP contribution is 2.76. The molecular formula is C58H68. The van der Waals surface area contributed by atoms with Gasteiger partial charge in [-0.05, 0) is 267 Å².